The molecule has 0 unspecified atom stereocenters. The average molecular weight is 450 g/mol. The number of aromatic nitrogens is 1. The lowest BCUT2D eigenvalue weighted by Crippen LogP contribution is -2.31. The Morgan fingerprint density at radius 3 is 2.67 bits per heavy atom. The van der Waals surface area contributed by atoms with Crippen LogP contribution in [0.1, 0.15) is 25.0 Å². The van der Waals surface area contributed by atoms with Crippen LogP contribution in [0.5, 0.6) is 0 Å². The number of hydrogen-bond donors (Lipinski definition) is 1. The van der Waals surface area contributed by atoms with E-state index in [4.69, 9.17) is 16.6 Å². The summed E-state index contributed by atoms with van der Waals surface area (Å²) in [5.74, 6) is -0.570. The van der Waals surface area contributed by atoms with E-state index in [1.807, 2.05) is 39.0 Å². The van der Waals surface area contributed by atoms with Crippen LogP contribution in [0.4, 0.5) is 4.39 Å². The molecule has 0 aliphatic rings. The van der Waals surface area contributed by atoms with Gasteiger partial charge in [-0.2, -0.15) is 0 Å². The van der Waals surface area contributed by atoms with Crippen molar-refractivity contribution in [2.24, 2.45) is 0 Å². The summed E-state index contributed by atoms with van der Waals surface area (Å²) in [6, 6.07) is 10.4. The normalized spacial score (nSPS) is 11.2. The number of carbonyl (C=O) groups is 1. The summed E-state index contributed by atoms with van der Waals surface area (Å²) in [7, 11) is 0. The molecule has 1 N–H and O–H groups in total. The molecule has 27 heavy (non-hydrogen) atoms. The first kappa shape index (κ1) is 19.8. The zero-order valence-corrected chi connectivity index (χ0v) is 17.6. The van der Waals surface area contributed by atoms with E-state index in [9.17, 15) is 9.18 Å². The zero-order valence-electron chi connectivity index (χ0n) is 15.2. The van der Waals surface area contributed by atoms with E-state index >= 15 is 0 Å². The van der Waals surface area contributed by atoms with Gasteiger partial charge in [-0.3, -0.25) is 4.79 Å². The lowest BCUT2D eigenvalue weighted by atomic mass is 9.95. The van der Waals surface area contributed by atoms with E-state index < -0.39 is 5.82 Å². The van der Waals surface area contributed by atoms with Gasteiger partial charge in [0.1, 0.15) is 5.82 Å². The summed E-state index contributed by atoms with van der Waals surface area (Å²) in [5, 5.41) is 3.91. The summed E-state index contributed by atoms with van der Waals surface area (Å²) >= 11 is 9.47. The first-order valence-corrected chi connectivity index (χ1v) is 9.77. The van der Waals surface area contributed by atoms with Crippen molar-refractivity contribution in [1.29, 1.82) is 0 Å². The Kier molecular flexibility index (Phi) is 5.82. The summed E-state index contributed by atoms with van der Waals surface area (Å²) < 4.78 is 14.6. The predicted octanol–water partition coefficient (Wildman–Crippen LogP) is 5.83. The Morgan fingerprint density at radius 2 is 2.00 bits per heavy atom. The highest BCUT2D eigenvalue weighted by Crippen LogP contribution is 2.33. The monoisotopic (exact) mass is 448 g/mol. The number of rotatable bonds is 4. The number of fused-ring (bicyclic) bond motifs is 1. The van der Waals surface area contributed by atoms with Crippen LogP contribution < -0.4 is 5.32 Å². The fraction of sp³-hybridized carbons (Fsp3) is 0.238. The van der Waals surface area contributed by atoms with Crippen molar-refractivity contribution >= 4 is 44.3 Å². The number of benzene rings is 2. The van der Waals surface area contributed by atoms with Gasteiger partial charge in [-0.25, -0.2) is 9.37 Å². The van der Waals surface area contributed by atoms with Gasteiger partial charge in [0.2, 0.25) is 5.91 Å². The number of halogens is 3. The summed E-state index contributed by atoms with van der Waals surface area (Å²) in [6.45, 7) is 5.81. The van der Waals surface area contributed by atoms with E-state index in [2.05, 4.69) is 21.2 Å². The maximum Gasteiger partial charge on any atom is 0.224 e. The van der Waals surface area contributed by atoms with Crippen LogP contribution in [-0.4, -0.2) is 16.9 Å². The van der Waals surface area contributed by atoms with Crippen LogP contribution in [0.2, 0.25) is 5.02 Å². The van der Waals surface area contributed by atoms with Gasteiger partial charge in [-0.05, 0) is 68.3 Å². The lowest BCUT2D eigenvalue weighted by molar-refractivity contribution is -0.120. The minimum atomic E-state index is -0.485. The number of aryl methyl sites for hydroxylation is 1. The summed E-state index contributed by atoms with van der Waals surface area (Å²) in [4.78, 5) is 17.2. The SMILES string of the molecule is Cc1c(CC(=O)NC(C)C)c(-c2ccc(F)c(Cl)c2)nc2ccc(Br)cc12. The van der Waals surface area contributed by atoms with Crippen LogP contribution in [0, 0.1) is 12.7 Å². The summed E-state index contributed by atoms with van der Waals surface area (Å²) in [5.41, 5.74) is 3.90. The predicted molar refractivity (Wildman–Crippen MR) is 112 cm³/mol. The third kappa shape index (κ3) is 4.30. The Balaban J connectivity index is 2.22. The Hall–Kier alpha value is -1.98. The van der Waals surface area contributed by atoms with Crippen LogP contribution in [0.25, 0.3) is 22.2 Å². The molecule has 0 saturated heterocycles. The number of carbonyl (C=O) groups excluding carboxylic acids is 1. The van der Waals surface area contributed by atoms with Crippen molar-refractivity contribution in [2.75, 3.05) is 0 Å². The minimum absolute atomic E-state index is 0.0282. The lowest BCUT2D eigenvalue weighted by Gasteiger charge is -2.16. The minimum Gasteiger partial charge on any atom is -0.354 e. The molecule has 3 aromatic rings. The molecule has 1 amide bonds. The van der Waals surface area contributed by atoms with E-state index in [1.165, 1.54) is 6.07 Å². The number of nitrogens with one attached hydrogen (secondary N) is 1. The molecule has 2 aromatic carbocycles. The van der Waals surface area contributed by atoms with Gasteiger partial charge in [0.25, 0.3) is 0 Å². The second-order valence-corrected chi connectivity index (χ2v) is 8.08. The van der Waals surface area contributed by atoms with Gasteiger partial charge in [0.15, 0.2) is 0 Å². The number of amides is 1. The highest BCUT2D eigenvalue weighted by atomic mass is 79.9. The molecular weight excluding hydrogens is 431 g/mol. The molecule has 1 aromatic heterocycles. The fourth-order valence-corrected chi connectivity index (χ4v) is 3.61. The van der Waals surface area contributed by atoms with Crippen molar-refractivity contribution in [3.05, 3.63) is 62.8 Å². The van der Waals surface area contributed by atoms with E-state index in [0.29, 0.717) is 11.3 Å². The van der Waals surface area contributed by atoms with E-state index in [1.54, 1.807) is 12.1 Å². The van der Waals surface area contributed by atoms with Gasteiger partial charge < -0.3 is 5.32 Å². The second-order valence-electron chi connectivity index (χ2n) is 6.75. The summed E-state index contributed by atoms with van der Waals surface area (Å²) in [6.07, 6.45) is 0.184. The second kappa shape index (κ2) is 7.95. The Bertz CT molecular complexity index is 1040. The van der Waals surface area contributed by atoms with Crippen LogP contribution >= 0.6 is 27.5 Å². The topological polar surface area (TPSA) is 42.0 Å². The van der Waals surface area contributed by atoms with Crippen molar-refractivity contribution in [1.82, 2.24) is 10.3 Å². The molecular formula is C21H19BrClFN2O. The third-order valence-electron chi connectivity index (χ3n) is 4.31. The number of pyridine rings is 1. The molecule has 0 fully saturated rings. The molecule has 0 atom stereocenters. The quantitative estimate of drug-likeness (QED) is 0.544. The highest BCUT2D eigenvalue weighted by molar-refractivity contribution is 9.10. The Morgan fingerprint density at radius 1 is 1.26 bits per heavy atom. The van der Waals surface area contributed by atoms with Gasteiger partial charge in [0.05, 0.1) is 22.7 Å². The van der Waals surface area contributed by atoms with Gasteiger partial charge in [-0.1, -0.05) is 27.5 Å². The molecule has 140 valence electrons. The molecule has 0 aliphatic carbocycles. The standard InChI is InChI=1S/C21H19BrClFN2O/c1-11(2)25-20(27)10-16-12(3)15-9-14(22)5-7-19(15)26-21(16)13-4-6-18(24)17(23)8-13/h4-9,11H,10H2,1-3H3,(H,25,27). The third-order valence-corrected chi connectivity index (χ3v) is 5.10. The maximum atomic E-state index is 13.6. The van der Waals surface area contributed by atoms with E-state index in [-0.39, 0.29) is 23.4 Å². The van der Waals surface area contributed by atoms with Gasteiger partial charge in [0, 0.05) is 21.5 Å². The molecule has 1 heterocycles. The smallest absolute Gasteiger partial charge is 0.224 e. The largest absolute Gasteiger partial charge is 0.354 e. The molecule has 3 rings (SSSR count). The van der Waals surface area contributed by atoms with Gasteiger partial charge in [-0.15, -0.1) is 0 Å². The van der Waals surface area contributed by atoms with Crippen LogP contribution in [0.15, 0.2) is 40.9 Å². The van der Waals surface area contributed by atoms with Crippen molar-refractivity contribution in [3.8, 4) is 11.3 Å². The fourth-order valence-electron chi connectivity index (χ4n) is 3.07. The highest BCUT2D eigenvalue weighted by Gasteiger charge is 2.18. The molecule has 3 nitrogen and oxygen atoms in total. The van der Waals surface area contributed by atoms with Crippen molar-refractivity contribution in [2.45, 2.75) is 33.2 Å². The molecule has 0 spiro atoms. The van der Waals surface area contributed by atoms with E-state index in [0.717, 1.165) is 26.5 Å². The first-order chi connectivity index (χ1) is 12.8. The molecule has 0 bridgehead atoms. The molecule has 6 heteroatoms. The number of nitrogens with zero attached hydrogens (tertiary/aromatic N) is 1. The van der Waals surface area contributed by atoms with Crippen molar-refractivity contribution < 1.29 is 9.18 Å². The molecule has 0 radical (unpaired) electrons. The molecule has 0 saturated carbocycles. The zero-order chi connectivity index (χ0) is 19.7. The molecule has 0 aliphatic heterocycles. The van der Waals surface area contributed by atoms with Crippen LogP contribution in [0.3, 0.4) is 0 Å². The van der Waals surface area contributed by atoms with Crippen molar-refractivity contribution in [3.63, 3.8) is 0 Å². The number of hydrogen-bond acceptors (Lipinski definition) is 2. The first-order valence-electron chi connectivity index (χ1n) is 8.59. The maximum absolute atomic E-state index is 13.6. The average Bonchev–Trinajstić information content (AvgIpc) is 2.59. The Labute approximate surface area is 171 Å². The van der Waals surface area contributed by atoms with Crippen LogP contribution in [-0.2, 0) is 11.2 Å². The van der Waals surface area contributed by atoms with Gasteiger partial charge >= 0.3 is 0 Å².